The zero-order valence-corrected chi connectivity index (χ0v) is 13.3. The second-order valence-corrected chi connectivity index (χ2v) is 8.22. The molecule has 3 nitrogen and oxygen atoms in total. The van der Waals surface area contributed by atoms with Gasteiger partial charge in [-0.05, 0) is 55.8 Å². The van der Waals surface area contributed by atoms with Crippen LogP contribution in [0.2, 0.25) is 0 Å². The quantitative estimate of drug-likeness (QED) is 0.841. The van der Waals surface area contributed by atoms with Gasteiger partial charge >= 0.3 is 0 Å². The molecule has 5 heteroatoms. The Balaban J connectivity index is 1.97. The highest BCUT2D eigenvalue weighted by molar-refractivity contribution is 7.91. The van der Waals surface area contributed by atoms with Gasteiger partial charge in [-0.1, -0.05) is 19.1 Å². The van der Waals surface area contributed by atoms with Crippen LogP contribution < -0.4 is 5.32 Å². The Hall–Kier alpha value is -0.940. The largest absolute Gasteiger partial charge is 0.314 e. The van der Waals surface area contributed by atoms with E-state index in [2.05, 4.69) is 12.2 Å². The second kappa shape index (κ2) is 7.36. The second-order valence-electron chi connectivity index (χ2n) is 5.99. The molecule has 0 saturated carbocycles. The third kappa shape index (κ3) is 5.40. The average molecular weight is 313 g/mol. The van der Waals surface area contributed by atoms with Crippen molar-refractivity contribution in [3.05, 3.63) is 35.6 Å². The Morgan fingerprint density at radius 2 is 2.24 bits per heavy atom. The minimum atomic E-state index is -2.83. The standard InChI is InChI=1S/C16H24FNO2S/c1-2-7-18-16(10-13-4-3-5-15(17)9-13)11-14-6-8-21(19,20)12-14/h3-5,9,14,16,18H,2,6-8,10-12H2,1H3. The lowest BCUT2D eigenvalue weighted by molar-refractivity contribution is 0.402. The maximum atomic E-state index is 13.3. The molecule has 0 aromatic heterocycles. The lowest BCUT2D eigenvalue weighted by Gasteiger charge is -2.21. The van der Waals surface area contributed by atoms with Crippen LogP contribution in [0.5, 0.6) is 0 Å². The SMILES string of the molecule is CCCNC(Cc1cccc(F)c1)CC1CCS(=O)(=O)C1. The van der Waals surface area contributed by atoms with Crippen molar-refractivity contribution in [1.29, 1.82) is 0 Å². The van der Waals surface area contributed by atoms with E-state index in [-0.39, 0.29) is 17.8 Å². The van der Waals surface area contributed by atoms with Gasteiger partial charge in [0.1, 0.15) is 5.82 Å². The topological polar surface area (TPSA) is 46.2 Å². The molecule has 0 aliphatic carbocycles. The number of nitrogens with one attached hydrogen (secondary N) is 1. The summed E-state index contributed by atoms with van der Waals surface area (Å²) in [5.41, 5.74) is 0.962. The lowest BCUT2D eigenvalue weighted by atomic mass is 9.94. The van der Waals surface area contributed by atoms with Crippen molar-refractivity contribution in [2.45, 2.75) is 38.6 Å². The molecule has 1 aliphatic heterocycles. The Bertz CT molecular complexity index is 559. The Kier molecular flexibility index (Phi) is 5.76. The van der Waals surface area contributed by atoms with Gasteiger partial charge in [0.05, 0.1) is 11.5 Å². The van der Waals surface area contributed by atoms with Crippen molar-refractivity contribution >= 4 is 9.84 Å². The van der Waals surface area contributed by atoms with Crippen molar-refractivity contribution in [1.82, 2.24) is 5.32 Å². The molecule has 0 amide bonds. The minimum Gasteiger partial charge on any atom is -0.314 e. The smallest absolute Gasteiger partial charge is 0.150 e. The maximum Gasteiger partial charge on any atom is 0.150 e. The summed E-state index contributed by atoms with van der Waals surface area (Å²) >= 11 is 0. The lowest BCUT2D eigenvalue weighted by Crippen LogP contribution is -2.34. The van der Waals surface area contributed by atoms with E-state index in [1.807, 2.05) is 6.07 Å². The van der Waals surface area contributed by atoms with Gasteiger partial charge in [0, 0.05) is 6.04 Å². The van der Waals surface area contributed by atoms with Crippen LogP contribution in [-0.2, 0) is 16.3 Å². The number of hydrogen-bond acceptors (Lipinski definition) is 3. The first kappa shape index (κ1) is 16.4. The summed E-state index contributed by atoms with van der Waals surface area (Å²) in [5.74, 6) is 0.640. The van der Waals surface area contributed by atoms with Crippen LogP contribution in [0.1, 0.15) is 31.7 Å². The van der Waals surface area contributed by atoms with Crippen LogP contribution in [-0.4, -0.2) is 32.5 Å². The summed E-state index contributed by atoms with van der Waals surface area (Å²) in [7, 11) is -2.83. The first-order valence-electron chi connectivity index (χ1n) is 7.67. The summed E-state index contributed by atoms with van der Waals surface area (Å²) in [6.45, 7) is 3.01. The van der Waals surface area contributed by atoms with Crippen molar-refractivity contribution < 1.29 is 12.8 Å². The van der Waals surface area contributed by atoms with Crippen LogP contribution >= 0.6 is 0 Å². The number of rotatable bonds is 7. The fourth-order valence-electron chi connectivity index (χ4n) is 3.00. The van der Waals surface area contributed by atoms with Crippen molar-refractivity contribution in [2.75, 3.05) is 18.1 Å². The molecular formula is C16H24FNO2S. The highest BCUT2D eigenvalue weighted by Gasteiger charge is 2.29. The van der Waals surface area contributed by atoms with Gasteiger partial charge in [-0.25, -0.2) is 12.8 Å². The molecule has 0 bridgehead atoms. The summed E-state index contributed by atoms with van der Waals surface area (Å²) in [6.07, 6.45) is 3.38. The fraction of sp³-hybridized carbons (Fsp3) is 0.625. The van der Waals surface area contributed by atoms with Gasteiger partial charge in [0.15, 0.2) is 9.84 Å². The summed E-state index contributed by atoms with van der Waals surface area (Å²) < 4.78 is 36.4. The van der Waals surface area contributed by atoms with E-state index in [1.54, 1.807) is 12.1 Å². The fourth-order valence-corrected chi connectivity index (χ4v) is 4.88. The number of sulfone groups is 1. The van der Waals surface area contributed by atoms with Crippen LogP contribution in [0.4, 0.5) is 4.39 Å². The van der Waals surface area contributed by atoms with E-state index in [1.165, 1.54) is 6.07 Å². The Labute approximate surface area is 126 Å². The van der Waals surface area contributed by atoms with Gasteiger partial charge in [0.25, 0.3) is 0 Å². The molecular weight excluding hydrogens is 289 g/mol. The molecule has 1 aromatic carbocycles. The Morgan fingerprint density at radius 1 is 1.43 bits per heavy atom. The molecule has 2 rings (SSSR count). The van der Waals surface area contributed by atoms with Gasteiger partial charge in [-0.3, -0.25) is 0 Å². The van der Waals surface area contributed by atoms with E-state index in [0.29, 0.717) is 11.5 Å². The first-order valence-corrected chi connectivity index (χ1v) is 9.49. The average Bonchev–Trinajstić information content (AvgIpc) is 2.75. The van der Waals surface area contributed by atoms with Crippen LogP contribution in [0.25, 0.3) is 0 Å². The molecule has 1 heterocycles. The van der Waals surface area contributed by atoms with Crippen molar-refractivity contribution in [3.8, 4) is 0 Å². The summed E-state index contributed by atoms with van der Waals surface area (Å²) in [5, 5.41) is 3.47. The molecule has 0 radical (unpaired) electrons. The van der Waals surface area contributed by atoms with E-state index < -0.39 is 9.84 Å². The molecule has 1 fully saturated rings. The van der Waals surface area contributed by atoms with Gasteiger partial charge in [0.2, 0.25) is 0 Å². The van der Waals surface area contributed by atoms with E-state index >= 15 is 0 Å². The molecule has 1 aromatic rings. The molecule has 2 unspecified atom stereocenters. The molecule has 1 aliphatic rings. The van der Waals surface area contributed by atoms with Crippen molar-refractivity contribution in [2.24, 2.45) is 5.92 Å². The number of hydrogen-bond donors (Lipinski definition) is 1. The molecule has 2 atom stereocenters. The molecule has 118 valence electrons. The van der Waals surface area contributed by atoms with Crippen molar-refractivity contribution in [3.63, 3.8) is 0 Å². The van der Waals surface area contributed by atoms with Gasteiger partial charge in [-0.2, -0.15) is 0 Å². The van der Waals surface area contributed by atoms with Crippen LogP contribution in [0.3, 0.4) is 0 Å². The monoisotopic (exact) mass is 313 g/mol. The third-order valence-electron chi connectivity index (χ3n) is 4.00. The van der Waals surface area contributed by atoms with Gasteiger partial charge < -0.3 is 5.32 Å². The molecule has 1 saturated heterocycles. The molecule has 0 spiro atoms. The van der Waals surface area contributed by atoms with Gasteiger partial charge in [-0.15, -0.1) is 0 Å². The van der Waals surface area contributed by atoms with E-state index in [4.69, 9.17) is 0 Å². The molecule has 1 N–H and O–H groups in total. The normalized spacial score (nSPS) is 22.3. The summed E-state index contributed by atoms with van der Waals surface area (Å²) in [4.78, 5) is 0. The number of halogens is 1. The number of benzene rings is 1. The third-order valence-corrected chi connectivity index (χ3v) is 5.84. The predicted molar refractivity (Wildman–Crippen MR) is 83.6 cm³/mol. The van der Waals surface area contributed by atoms with E-state index in [0.717, 1.165) is 37.8 Å². The zero-order chi connectivity index (χ0) is 15.3. The Morgan fingerprint density at radius 3 is 2.86 bits per heavy atom. The van der Waals surface area contributed by atoms with E-state index in [9.17, 15) is 12.8 Å². The predicted octanol–water partition coefficient (Wildman–Crippen LogP) is 2.56. The maximum absolute atomic E-state index is 13.3. The molecule has 21 heavy (non-hydrogen) atoms. The zero-order valence-electron chi connectivity index (χ0n) is 12.5. The van der Waals surface area contributed by atoms with Crippen LogP contribution in [0, 0.1) is 11.7 Å². The first-order chi connectivity index (χ1) is 9.98. The van der Waals surface area contributed by atoms with Crippen LogP contribution in [0.15, 0.2) is 24.3 Å². The highest BCUT2D eigenvalue weighted by Crippen LogP contribution is 2.24. The minimum absolute atomic E-state index is 0.213. The highest BCUT2D eigenvalue weighted by atomic mass is 32.2. The summed E-state index contributed by atoms with van der Waals surface area (Å²) in [6, 6.07) is 6.87.